The molecule has 0 aromatic heterocycles. The number of hydrogen-bond acceptors (Lipinski definition) is 3. The van der Waals surface area contributed by atoms with Crippen molar-refractivity contribution in [3.05, 3.63) is 29.6 Å². The second kappa shape index (κ2) is 5.48. The minimum Gasteiger partial charge on any atom is -0.364 e. The van der Waals surface area contributed by atoms with Crippen molar-refractivity contribution in [2.24, 2.45) is 0 Å². The Kier molecular flexibility index (Phi) is 3.97. The van der Waals surface area contributed by atoms with Gasteiger partial charge >= 0.3 is 0 Å². The van der Waals surface area contributed by atoms with Crippen molar-refractivity contribution in [1.29, 1.82) is 0 Å². The first-order valence-corrected chi connectivity index (χ1v) is 6.28. The number of hydrogen-bond donors (Lipinski definition) is 0. The molecular formula is C14H19FN2O. The Labute approximate surface area is 107 Å². The fraction of sp³-hybridized carbons (Fsp3) is 0.500. The van der Waals surface area contributed by atoms with E-state index in [1.165, 1.54) is 6.07 Å². The van der Waals surface area contributed by atoms with E-state index in [1.807, 2.05) is 19.0 Å². The number of likely N-dealkylation sites (N-methyl/N-ethyl adjacent to an activating group) is 1. The van der Waals surface area contributed by atoms with Gasteiger partial charge in [-0.3, -0.25) is 4.79 Å². The predicted molar refractivity (Wildman–Crippen MR) is 70.7 cm³/mol. The molecule has 0 spiro atoms. The number of nitrogens with zero attached hydrogens (tertiary/aromatic N) is 2. The third kappa shape index (κ3) is 2.53. The maximum absolute atomic E-state index is 14.0. The second-order valence-electron chi connectivity index (χ2n) is 5.05. The summed E-state index contributed by atoms with van der Waals surface area (Å²) in [4.78, 5) is 15.2. The summed E-state index contributed by atoms with van der Waals surface area (Å²) in [5.41, 5.74) is 0.914. The number of benzene rings is 1. The molecule has 0 aliphatic carbocycles. The molecule has 3 nitrogen and oxygen atoms in total. The topological polar surface area (TPSA) is 23.6 Å². The van der Waals surface area contributed by atoms with Gasteiger partial charge in [0, 0.05) is 24.7 Å². The largest absolute Gasteiger partial charge is 0.364 e. The predicted octanol–water partition coefficient (Wildman–Crippen LogP) is 2.17. The van der Waals surface area contributed by atoms with Gasteiger partial charge in [0.2, 0.25) is 0 Å². The van der Waals surface area contributed by atoms with Crippen LogP contribution in [-0.4, -0.2) is 44.4 Å². The summed E-state index contributed by atoms with van der Waals surface area (Å²) in [6.07, 6.45) is 2.83. The molecule has 0 radical (unpaired) electrons. The number of carbonyl (C=O) groups is 1. The number of halogens is 1. The van der Waals surface area contributed by atoms with Crippen molar-refractivity contribution < 1.29 is 9.18 Å². The molecule has 0 saturated carbocycles. The van der Waals surface area contributed by atoms with Gasteiger partial charge in [-0.15, -0.1) is 0 Å². The third-order valence-electron chi connectivity index (χ3n) is 3.39. The number of rotatable bonds is 4. The van der Waals surface area contributed by atoms with Crippen LogP contribution in [0.5, 0.6) is 0 Å². The molecule has 0 N–H and O–H groups in total. The Morgan fingerprint density at radius 2 is 2.28 bits per heavy atom. The van der Waals surface area contributed by atoms with Crippen molar-refractivity contribution in [3.8, 4) is 0 Å². The average molecular weight is 250 g/mol. The van der Waals surface area contributed by atoms with E-state index in [0.29, 0.717) is 11.3 Å². The number of carbonyl (C=O) groups excluding carboxylic acids is 1. The smallest absolute Gasteiger partial charge is 0.152 e. The van der Waals surface area contributed by atoms with E-state index >= 15 is 0 Å². The lowest BCUT2D eigenvalue weighted by atomic mass is 10.1. The molecule has 4 heteroatoms. The van der Waals surface area contributed by atoms with Gasteiger partial charge in [0.25, 0.3) is 0 Å². The highest BCUT2D eigenvalue weighted by Crippen LogP contribution is 2.30. The Morgan fingerprint density at radius 3 is 2.94 bits per heavy atom. The fourth-order valence-electron chi connectivity index (χ4n) is 2.67. The summed E-state index contributed by atoms with van der Waals surface area (Å²) in [5.74, 6) is -0.301. The Balaban J connectivity index is 2.32. The molecule has 1 atom stereocenters. The van der Waals surface area contributed by atoms with E-state index < -0.39 is 0 Å². The Hall–Kier alpha value is -1.42. The number of para-hydroxylation sites is 1. The van der Waals surface area contributed by atoms with Gasteiger partial charge in [-0.05, 0) is 39.1 Å². The maximum atomic E-state index is 14.0. The van der Waals surface area contributed by atoms with Crippen LogP contribution < -0.4 is 4.90 Å². The first kappa shape index (κ1) is 13.0. The molecular weight excluding hydrogens is 231 g/mol. The zero-order chi connectivity index (χ0) is 13.1. The minimum atomic E-state index is -0.301. The lowest BCUT2D eigenvalue weighted by molar-refractivity contribution is 0.112. The van der Waals surface area contributed by atoms with E-state index in [9.17, 15) is 9.18 Å². The van der Waals surface area contributed by atoms with E-state index in [0.717, 1.165) is 32.2 Å². The van der Waals surface area contributed by atoms with Crippen molar-refractivity contribution in [1.82, 2.24) is 4.90 Å². The summed E-state index contributed by atoms with van der Waals surface area (Å²) in [6.45, 7) is 1.70. The molecule has 1 aliphatic heterocycles. The van der Waals surface area contributed by atoms with E-state index in [1.54, 1.807) is 12.1 Å². The standard InChI is InChI=1S/C14H19FN2O/c1-16(2)9-12-6-4-8-17(12)14-11(10-18)5-3-7-13(14)15/h3,5,7,10,12H,4,6,8-9H2,1-2H3. The van der Waals surface area contributed by atoms with Crippen LogP contribution in [0.3, 0.4) is 0 Å². The quantitative estimate of drug-likeness (QED) is 0.765. The van der Waals surface area contributed by atoms with Crippen LogP contribution in [0.25, 0.3) is 0 Å². The Bertz CT molecular complexity index is 434. The monoisotopic (exact) mass is 250 g/mol. The normalized spacial score (nSPS) is 19.6. The van der Waals surface area contributed by atoms with E-state index in [2.05, 4.69) is 4.90 Å². The fourth-order valence-corrected chi connectivity index (χ4v) is 2.67. The number of anilines is 1. The van der Waals surface area contributed by atoms with Gasteiger partial charge in [-0.25, -0.2) is 4.39 Å². The maximum Gasteiger partial charge on any atom is 0.152 e. The summed E-state index contributed by atoms with van der Waals surface area (Å²) in [7, 11) is 4.02. The highest BCUT2D eigenvalue weighted by molar-refractivity contribution is 5.85. The first-order chi connectivity index (χ1) is 8.63. The first-order valence-electron chi connectivity index (χ1n) is 6.28. The van der Waals surface area contributed by atoms with Gasteiger partial charge in [0.05, 0.1) is 5.69 Å². The highest BCUT2D eigenvalue weighted by Gasteiger charge is 2.28. The van der Waals surface area contributed by atoms with Crippen molar-refractivity contribution in [2.75, 3.05) is 32.1 Å². The zero-order valence-electron chi connectivity index (χ0n) is 10.9. The van der Waals surface area contributed by atoms with Gasteiger partial charge in [-0.1, -0.05) is 6.07 Å². The molecule has 1 fully saturated rings. The van der Waals surface area contributed by atoms with Gasteiger partial charge in [0.15, 0.2) is 6.29 Å². The molecule has 1 heterocycles. The number of aldehydes is 1. The summed E-state index contributed by atoms with van der Waals surface area (Å²) < 4.78 is 14.0. The average Bonchev–Trinajstić information content (AvgIpc) is 2.75. The highest BCUT2D eigenvalue weighted by atomic mass is 19.1. The molecule has 2 rings (SSSR count). The molecule has 1 unspecified atom stereocenters. The van der Waals surface area contributed by atoms with Crippen LogP contribution >= 0.6 is 0 Å². The molecule has 0 amide bonds. The van der Waals surface area contributed by atoms with Crippen LogP contribution in [0, 0.1) is 5.82 Å². The van der Waals surface area contributed by atoms with Crippen molar-refractivity contribution in [2.45, 2.75) is 18.9 Å². The molecule has 1 aromatic carbocycles. The SMILES string of the molecule is CN(C)CC1CCCN1c1c(F)cccc1C=O. The van der Waals surface area contributed by atoms with Gasteiger partial charge in [-0.2, -0.15) is 0 Å². The van der Waals surface area contributed by atoms with E-state index in [4.69, 9.17) is 0 Å². The van der Waals surface area contributed by atoms with Crippen LogP contribution in [0.15, 0.2) is 18.2 Å². The molecule has 1 aliphatic rings. The minimum absolute atomic E-state index is 0.288. The van der Waals surface area contributed by atoms with Crippen molar-refractivity contribution in [3.63, 3.8) is 0 Å². The summed E-state index contributed by atoms with van der Waals surface area (Å²) in [6, 6.07) is 4.97. The van der Waals surface area contributed by atoms with Crippen LogP contribution in [-0.2, 0) is 0 Å². The lowest BCUT2D eigenvalue weighted by Gasteiger charge is -2.30. The summed E-state index contributed by atoms with van der Waals surface area (Å²) in [5, 5.41) is 0. The van der Waals surface area contributed by atoms with E-state index in [-0.39, 0.29) is 11.9 Å². The molecule has 1 aromatic rings. The molecule has 18 heavy (non-hydrogen) atoms. The second-order valence-corrected chi connectivity index (χ2v) is 5.05. The molecule has 0 bridgehead atoms. The third-order valence-corrected chi connectivity index (χ3v) is 3.39. The van der Waals surface area contributed by atoms with Gasteiger partial charge < -0.3 is 9.80 Å². The molecule has 98 valence electrons. The Morgan fingerprint density at radius 1 is 1.50 bits per heavy atom. The van der Waals surface area contributed by atoms with Crippen LogP contribution in [0.1, 0.15) is 23.2 Å². The van der Waals surface area contributed by atoms with Crippen LogP contribution in [0.4, 0.5) is 10.1 Å². The molecule has 1 saturated heterocycles. The van der Waals surface area contributed by atoms with Crippen molar-refractivity contribution >= 4 is 12.0 Å². The lowest BCUT2D eigenvalue weighted by Crippen LogP contribution is -2.38. The van der Waals surface area contributed by atoms with Gasteiger partial charge in [0.1, 0.15) is 5.82 Å². The van der Waals surface area contributed by atoms with Crippen LogP contribution in [0.2, 0.25) is 0 Å². The summed E-state index contributed by atoms with van der Waals surface area (Å²) >= 11 is 0. The zero-order valence-corrected chi connectivity index (χ0v) is 10.9.